The lowest BCUT2D eigenvalue weighted by atomic mass is 9.59. The van der Waals surface area contributed by atoms with Crippen LogP contribution in [0.1, 0.15) is 72.6 Å². The molecule has 5 atom stereocenters. The highest BCUT2D eigenvalue weighted by Gasteiger charge is 2.54. The van der Waals surface area contributed by atoms with E-state index in [4.69, 9.17) is 0 Å². The summed E-state index contributed by atoms with van der Waals surface area (Å²) in [6.07, 6.45) is 13.5. The van der Waals surface area contributed by atoms with E-state index in [9.17, 15) is 10.2 Å². The lowest BCUT2D eigenvalue weighted by Gasteiger charge is -2.48. The Labute approximate surface area is 166 Å². The number of hydrogen-bond acceptors (Lipinski definition) is 3. The van der Waals surface area contributed by atoms with Gasteiger partial charge in [0.2, 0.25) is 0 Å². The maximum atomic E-state index is 11.6. The highest BCUT2D eigenvalue weighted by Crippen LogP contribution is 2.58. The lowest BCUT2D eigenvalue weighted by molar-refractivity contribution is -0.0380. The number of allylic oxidation sites excluding steroid dienone is 3. The Balaban J connectivity index is 0.000000478. The molecule has 0 aromatic heterocycles. The van der Waals surface area contributed by atoms with E-state index in [0.29, 0.717) is 11.8 Å². The van der Waals surface area contributed by atoms with Gasteiger partial charge >= 0.3 is 0 Å². The number of fused-ring (bicyclic) bond motifs is 4. The fraction of sp³-hybridized carbons (Fsp3) is 0.750. The molecule has 3 N–H and O–H groups in total. The molecule has 0 amide bonds. The minimum absolute atomic E-state index is 0.131. The second-order valence-electron chi connectivity index (χ2n) is 8.77. The second kappa shape index (κ2) is 9.07. The molecular formula is C24H41NO2. The minimum Gasteiger partial charge on any atom is -0.393 e. The number of rotatable bonds is 0. The Kier molecular flexibility index (Phi) is 7.52. The number of hydrogen-bond donors (Lipinski definition) is 3. The molecule has 0 saturated heterocycles. The summed E-state index contributed by atoms with van der Waals surface area (Å²) in [4.78, 5) is 0. The van der Waals surface area contributed by atoms with E-state index in [1.165, 1.54) is 11.1 Å². The van der Waals surface area contributed by atoms with E-state index >= 15 is 0 Å². The predicted molar refractivity (Wildman–Crippen MR) is 115 cm³/mol. The molecule has 0 aromatic carbocycles. The zero-order valence-electron chi connectivity index (χ0n) is 18.3. The molecule has 0 bridgehead atoms. The van der Waals surface area contributed by atoms with Crippen molar-refractivity contribution in [2.24, 2.45) is 17.3 Å². The Morgan fingerprint density at radius 1 is 1.11 bits per heavy atom. The van der Waals surface area contributed by atoms with E-state index in [2.05, 4.69) is 37.4 Å². The molecule has 0 heterocycles. The first-order valence-corrected chi connectivity index (χ1v) is 10.9. The van der Waals surface area contributed by atoms with Gasteiger partial charge in [-0.1, -0.05) is 50.1 Å². The number of nitrogens with one attached hydrogen (secondary N) is 1. The summed E-state index contributed by atoms with van der Waals surface area (Å²) < 4.78 is 0. The topological polar surface area (TPSA) is 52.5 Å². The summed E-state index contributed by atoms with van der Waals surface area (Å²) in [6.45, 7) is 8.56. The molecule has 0 aromatic rings. The normalized spacial score (nSPS) is 39.6. The molecule has 0 aliphatic heterocycles. The largest absolute Gasteiger partial charge is 0.393 e. The molecule has 0 radical (unpaired) electrons. The molecule has 27 heavy (non-hydrogen) atoms. The van der Waals surface area contributed by atoms with Crippen molar-refractivity contribution in [3.63, 3.8) is 0 Å². The summed E-state index contributed by atoms with van der Waals surface area (Å²) in [6, 6.07) is 0. The van der Waals surface area contributed by atoms with E-state index in [1.807, 2.05) is 27.9 Å². The third-order valence-corrected chi connectivity index (χ3v) is 7.21. The predicted octanol–water partition coefficient (Wildman–Crippen LogP) is 4.76. The molecule has 4 rings (SSSR count). The first-order valence-electron chi connectivity index (χ1n) is 10.9. The molecule has 154 valence electrons. The summed E-state index contributed by atoms with van der Waals surface area (Å²) in [5.41, 5.74) is 3.44. The van der Waals surface area contributed by atoms with Crippen molar-refractivity contribution in [2.45, 2.75) is 84.3 Å². The molecule has 3 heteroatoms. The second-order valence-corrected chi connectivity index (χ2v) is 8.77. The van der Waals surface area contributed by atoms with Crippen LogP contribution in [0, 0.1) is 17.3 Å². The van der Waals surface area contributed by atoms with Crippen molar-refractivity contribution in [3.05, 3.63) is 34.9 Å². The molecule has 1 saturated carbocycles. The number of aliphatic hydroxyl groups excluding tert-OH is 1. The quantitative estimate of drug-likeness (QED) is 0.535. The fourth-order valence-electron chi connectivity index (χ4n) is 5.51. The third-order valence-electron chi connectivity index (χ3n) is 7.21. The van der Waals surface area contributed by atoms with Crippen molar-refractivity contribution in [2.75, 3.05) is 14.1 Å². The van der Waals surface area contributed by atoms with Crippen molar-refractivity contribution in [1.82, 2.24) is 5.32 Å². The maximum Gasteiger partial charge on any atom is 0.0933 e. The molecule has 1 fully saturated rings. The van der Waals surface area contributed by atoms with Gasteiger partial charge in [0, 0.05) is 5.92 Å². The monoisotopic (exact) mass is 375 g/mol. The van der Waals surface area contributed by atoms with Gasteiger partial charge in [0.25, 0.3) is 0 Å². The van der Waals surface area contributed by atoms with Crippen molar-refractivity contribution in [1.29, 1.82) is 0 Å². The summed E-state index contributed by atoms with van der Waals surface area (Å²) in [5, 5.41) is 24.4. The van der Waals surface area contributed by atoms with Gasteiger partial charge in [-0.05, 0) is 82.9 Å². The first kappa shape index (κ1) is 22.4. The Morgan fingerprint density at radius 3 is 2.44 bits per heavy atom. The zero-order valence-corrected chi connectivity index (χ0v) is 18.3. The minimum atomic E-state index is -0.670. The van der Waals surface area contributed by atoms with Crippen LogP contribution in [-0.4, -0.2) is 36.0 Å². The SMILES string of the molecule is CC.CC1=CCC2C1(C)CC=C1C=C3CC(O)CCC3CC[C@@]12O.CNC. The van der Waals surface area contributed by atoms with Gasteiger partial charge in [-0.25, -0.2) is 0 Å². The Bertz CT molecular complexity index is 606. The summed E-state index contributed by atoms with van der Waals surface area (Å²) in [7, 11) is 3.75. The van der Waals surface area contributed by atoms with Crippen molar-refractivity contribution >= 4 is 0 Å². The highest BCUT2D eigenvalue weighted by molar-refractivity contribution is 5.43. The summed E-state index contributed by atoms with van der Waals surface area (Å²) >= 11 is 0. The standard InChI is InChI=1S/C20H28O2.C2H7N.C2H6/c1-13-3-6-18-19(13,2)9-8-16-11-15-12-17(21)5-4-14(15)7-10-20(16,18)22;1-3-2;1-2/h3,8,11,14,17-18,21-22H,4-7,9-10,12H2,1-2H3;3H,1-2H3;1-2H3/t14?,17?,18?,19?,20-;;/m1../s1. The smallest absolute Gasteiger partial charge is 0.0933 e. The van der Waals surface area contributed by atoms with Crippen LogP contribution in [0.3, 0.4) is 0 Å². The van der Waals surface area contributed by atoms with Crippen LogP contribution in [0.25, 0.3) is 0 Å². The molecular weight excluding hydrogens is 334 g/mol. The van der Waals surface area contributed by atoms with Gasteiger partial charge < -0.3 is 15.5 Å². The molecule has 4 aliphatic carbocycles. The van der Waals surface area contributed by atoms with Crippen LogP contribution in [0.15, 0.2) is 34.9 Å². The van der Waals surface area contributed by atoms with Gasteiger partial charge in [0.1, 0.15) is 0 Å². The van der Waals surface area contributed by atoms with Gasteiger partial charge in [0.15, 0.2) is 0 Å². The highest BCUT2D eigenvalue weighted by atomic mass is 16.3. The van der Waals surface area contributed by atoms with E-state index in [1.54, 1.807) is 0 Å². The van der Waals surface area contributed by atoms with Gasteiger partial charge in [0.05, 0.1) is 11.7 Å². The fourth-order valence-corrected chi connectivity index (χ4v) is 5.51. The van der Waals surface area contributed by atoms with Crippen LogP contribution in [0.4, 0.5) is 0 Å². The Morgan fingerprint density at radius 2 is 1.78 bits per heavy atom. The van der Waals surface area contributed by atoms with Crippen molar-refractivity contribution in [3.8, 4) is 0 Å². The van der Waals surface area contributed by atoms with Crippen LogP contribution in [-0.2, 0) is 0 Å². The lowest BCUT2D eigenvalue weighted by Crippen LogP contribution is -2.48. The van der Waals surface area contributed by atoms with E-state index in [0.717, 1.165) is 50.5 Å². The average molecular weight is 376 g/mol. The van der Waals surface area contributed by atoms with Crippen LogP contribution in [0.2, 0.25) is 0 Å². The van der Waals surface area contributed by atoms with Gasteiger partial charge in [-0.2, -0.15) is 0 Å². The molecule has 4 unspecified atom stereocenters. The number of aliphatic hydroxyl groups is 2. The van der Waals surface area contributed by atoms with Crippen LogP contribution >= 0.6 is 0 Å². The zero-order chi connectivity index (χ0) is 20.2. The molecule has 4 aliphatic rings. The van der Waals surface area contributed by atoms with E-state index in [-0.39, 0.29) is 11.5 Å². The third kappa shape index (κ3) is 4.11. The summed E-state index contributed by atoms with van der Waals surface area (Å²) in [5.74, 6) is 0.891. The molecule has 0 spiro atoms. The molecule has 3 nitrogen and oxygen atoms in total. The van der Waals surface area contributed by atoms with Crippen LogP contribution < -0.4 is 5.32 Å². The maximum absolute atomic E-state index is 11.6. The van der Waals surface area contributed by atoms with E-state index < -0.39 is 5.60 Å². The van der Waals surface area contributed by atoms with Crippen molar-refractivity contribution < 1.29 is 10.2 Å². The van der Waals surface area contributed by atoms with Gasteiger partial charge in [-0.15, -0.1) is 0 Å². The first-order chi connectivity index (χ1) is 12.8. The van der Waals surface area contributed by atoms with Crippen LogP contribution in [0.5, 0.6) is 0 Å². The average Bonchev–Trinajstić information content (AvgIpc) is 2.87. The Hall–Kier alpha value is -0.900. The van der Waals surface area contributed by atoms with Gasteiger partial charge in [-0.3, -0.25) is 0 Å².